The number of hydrogen-bond acceptors (Lipinski definition) is 3. The van der Waals surface area contributed by atoms with Gasteiger partial charge >= 0.3 is 0 Å². The van der Waals surface area contributed by atoms with E-state index in [0.717, 1.165) is 40.5 Å². The molecule has 5 heteroatoms. The number of carbonyl (C=O) groups is 1. The molecule has 1 aliphatic rings. The minimum Gasteiger partial charge on any atom is -0.493 e. The van der Waals surface area contributed by atoms with Crippen LogP contribution in [0.5, 0.6) is 5.75 Å². The number of hydrogen-bond donors (Lipinski definition) is 1. The summed E-state index contributed by atoms with van der Waals surface area (Å²) in [4.78, 5) is 12.5. The Morgan fingerprint density at radius 3 is 3.04 bits per heavy atom. The van der Waals surface area contributed by atoms with Gasteiger partial charge in [0.1, 0.15) is 5.75 Å². The van der Waals surface area contributed by atoms with Crippen molar-refractivity contribution in [3.8, 4) is 5.75 Å². The van der Waals surface area contributed by atoms with Crippen molar-refractivity contribution in [3.05, 3.63) is 59.9 Å². The van der Waals surface area contributed by atoms with Crippen LogP contribution in [0.3, 0.4) is 0 Å². The monoisotopic (exact) mass is 349 g/mol. The Kier molecular flexibility index (Phi) is 4.61. The molecule has 26 heavy (non-hydrogen) atoms. The molecular weight excluding hydrogens is 326 g/mol. The fourth-order valence-corrected chi connectivity index (χ4v) is 3.59. The number of aromatic nitrogens is 2. The van der Waals surface area contributed by atoms with Crippen molar-refractivity contribution in [1.82, 2.24) is 15.1 Å². The van der Waals surface area contributed by atoms with Gasteiger partial charge in [0.05, 0.1) is 18.8 Å². The van der Waals surface area contributed by atoms with Crippen LogP contribution in [0.2, 0.25) is 0 Å². The first kappa shape index (κ1) is 16.6. The lowest BCUT2D eigenvalue weighted by Crippen LogP contribution is -2.28. The van der Waals surface area contributed by atoms with Crippen molar-refractivity contribution in [2.75, 3.05) is 6.61 Å². The zero-order chi connectivity index (χ0) is 17.9. The van der Waals surface area contributed by atoms with Gasteiger partial charge in [-0.15, -0.1) is 0 Å². The molecule has 1 unspecified atom stereocenters. The third kappa shape index (κ3) is 3.43. The van der Waals surface area contributed by atoms with Crippen LogP contribution in [0.4, 0.5) is 0 Å². The average molecular weight is 349 g/mol. The van der Waals surface area contributed by atoms with E-state index in [1.54, 1.807) is 4.68 Å². The van der Waals surface area contributed by atoms with Crippen LogP contribution < -0.4 is 10.1 Å². The van der Waals surface area contributed by atoms with Gasteiger partial charge in [-0.25, -0.2) is 0 Å². The predicted molar refractivity (Wildman–Crippen MR) is 101 cm³/mol. The molecule has 1 aromatic heterocycles. The Balaban J connectivity index is 1.52. The number of rotatable bonds is 4. The highest BCUT2D eigenvalue weighted by Gasteiger charge is 2.23. The molecule has 2 heterocycles. The van der Waals surface area contributed by atoms with E-state index in [4.69, 9.17) is 4.74 Å². The summed E-state index contributed by atoms with van der Waals surface area (Å²) >= 11 is 0. The normalized spacial score (nSPS) is 16.6. The van der Waals surface area contributed by atoms with Crippen LogP contribution >= 0.6 is 0 Å². The summed E-state index contributed by atoms with van der Waals surface area (Å²) < 4.78 is 7.80. The Labute approximate surface area is 153 Å². The molecule has 0 fully saturated rings. The molecule has 0 spiro atoms. The van der Waals surface area contributed by atoms with Crippen LogP contribution in [-0.2, 0) is 18.3 Å². The zero-order valence-corrected chi connectivity index (χ0v) is 14.9. The maximum atomic E-state index is 12.5. The topological polar surface area (TPSA) is 56.2 Å². The molecule has 3 aromatic rings. The van der Waals surface area contributed by atoms with Crippen molar-refractivity contribution in [3.63, 3.8) is 0 Å². The lowest BCUT2D eigenvalue weighted by Gasteiger charge is -2.19. The van der Waals surface area contributed by atoms with Gasteiger partial charge in [-0.05, 0) is 30.2 Å². The van der Waals surface area contributed by atoms with Crippen LogP contribution in [0.1, 0.15) is 36.4 Å². The number of carbonyl (C=O) groups excluding carboxylic acids is 1. The molecule has 1 N–H and O–H groups in total. The molecule has 0 bridgehead atoms. The molecule has 0 saturated carbocycles. The molecule has 1 amide bonds. The number of nitrogens with one attached hydrogen (secondary N) is 1. The number of fused-ring (bicyclic) bond motifs is 3. The van der Waals surface area contributed by atoms with Crippen molar-refractivity contribution in [1.29, 1.82) is 0 Å². The first-order valence-electron chi connectivity index (χ1n) is 9.12. The Bertz CT molecular complexity index is 932. The van der Waals surface area contributed by atoms with E-state index in [0.29, 0.717) is 19.4 Å². The molecule has 0 saturated heterocycles. The van der Waals surface area contributed by atoms with Gasteiger partial charge in [-0.3, -0.25) is 9.48 Å². The average Bonchev–Trinajstić information content (AvgIpc) is 2.96. The van der Waals surface area contributed by atoms with Crippen molar-refractivity contribution in [2.24, 2.45) is 7.05 Å². The van der Waals surface area contributed by atoms with Crippen LogP contribution in [0.15, 0.2) is 48.8 Å². The second-order valence-electron chi connectivity index (χ2n) is 6.84. The van der Waals surface area contributed by atoms with E-state index in [2.05, 4.69) is 34.7 Å². The summed E-state index contributed by atoms with van der Waals surface area (Å²) in [6.07, 6.45) is 6.75. The molecule has 134 valence electrons. The van der Waals surface area contributed by atoms with E-state index < -0.39 is 0 Å². The van der Waals surface area contributed by atoms with Gasteiger partial charge < -0.3 is 10.1 Å². The lowest BCUT2D eigenvalue weighted by atomic mass is 9.97. The fraction of sp³-hybridized carbons (Fsp3) is 0.333. The highest BCUT2D eigenvalue weighted by molar-refractivity contribution is 5.90. The first-order valence-corrected chi connectivity index (χ1v) is 9.12. The Morgan fingerprint density at radius 2 is 2.19 bits per heavy atom. The summed E-state index contributed by atoms with van der Waals surface area (Å²) in [6, 6.07) is 12.4. The summed E-state index contributed by atoms with van der Waals surface area (Å²) in [6.45, 7) is 0.684. The Hall–Kier alpha value is -2.82. The SMILES string of the molecule is Cn1cc(CCC(=O)NC2CCCOc3c2ccc2ccccc32)cn1. The smallest absolute Gasteiger partial charge is 0.220 e. The van der Waals surface area contributed by atoms with Gasteiger partial charge in [0, 0.05) is 30.6 Å². The van der Waals surface area contributed by atoms with Gasteiger partial charge in [-0.2, -0.15) is 5.10 Å². The van der Waals surface area contributed by atoms with Gasteiger partial charge in [0.25, 0.3) is 0 Å². The third-order valence-corrected chi connectivity index (χ3v) is 4.90. The molecule has 0 radical (unpaired) electrons. The standard InChI is InChI=1S/C21H23N3O2/c1-24-14-15(13-22-24)8-11-20(25)23-19-7-4-12-26-21-17-6-3-2-5-16(17)9-10-18(19)21/h2-3,5-6,9-10,13-14,19H,4,7-8,11-12H2,1H3,(H,23,25). The van der Waals surface area contributed by atoms with Crippen molar-refractivity contribution in [2.45, 2.75) is 31.7 Å². The number of benzene rings is 2. The summed E-state index contributed by atoms with van der Waals surface area (Å²) in [7, 11) is 1.89. The van der Waals surface area contributed by atoms with Gasteiger partial charge in [0.15, 0.2) is 0 Å². The minimum atomic E-state index is -0.00138. The van der Waals surface area contributed by atoms with Gasteiger partial charge in [-0.1, -0.05) is 36.4 Å². The molecule has 2 aromatic carbocycles. The number of nitrogens with zero attached hydrogens (tertiary/aromatic N) is 2. The van der Waals surface area contributed by atoms with Crippen LogP contribution in [0, 0.1) is 0 Å². The summed E-state index contributed by atoms with van der Waals surface area (Å²) in [5, 5.41) is 9.63. The molecule has 1 atom stereocenters. The molecule has 4 rings (SSSR count). The maximum absolute atomic E-state index is 12.5. The second kappa shape index (κ2) is 7.20. The Morgan fingerprint density at radius 1 is 1.31 bits per heavy atom. The molecule has 0 aliphatic carbocycles. The maximum Gasteiger partial charge on any atom is 0.220 e. The predicted octanol–water partition coefficient (Wildman–Crippen LogP) is 3.54. The quantitative estimate of drug-likeness (QED) is 0.784. The number of ether oxygens (including phenoxy) is 1. The largest absolute Gasteiger partial charge is 0.493 e. The molecule has 1 aliphatic heterocycles. The molecule has 5 nitrogen and oxygen atoms in total. The van der Waals surface area contributed by atoms with E-state index in [-0.39, 0.29) is 11.9 Å². The van der Waals surface area contributed by atoms with Crippen LogP contribution in [-0.4, -0.2) is 22.3 Å². The van der Waals surface area contributed by atoms with E-state index in [1.807, 2.05) is 31.6 Å². The summed E-state index contributed by atoms with van der Waals surface area (Å²) in [5.41, 5.74) is 2.16. The van der Waals surface area contributed by atoms with Crippen molar-refractivity contribution >= 4 is 16.7 Å². The summed E-state index contributed by atoms with van der Waals surface area (Å²) in [5.74, 6) is 0.984. The highest BCUT2D eigenvalue weighted by Crippen LogP contribution is 2.37. The molecular formula is C21H23N3O2. The fourth-order valence-electron chi connectivity index (χ4n) is 3.59. The number of amides is 1. The van der Waals surface area contributed by atoms with Gasteiger partial charge in [0.2, 0.25) is 5.91 Å². The first-order chi connectivity index (χ1) is 12.7. The van der Waals surface area contributed by atoms with Crippen molar-refractivity contribution < 1.29 is 9.53 Å². The lowest BCUT2D eigenvalue weighted by molar-refractivity contribution is -0.121. The van der Waals surface area contributed by atoms with E-state index >= 15 is 0 Å². The zero-order valence-electron chi connectivity index (χ0n) is 14.9. The van der Waals surface area contributed by atoms with E-state index in [9.17, 15) is 4.79 Å². The number of aryl methyl sites for hydroxylation is 2. The second-order valence-corrected chi connectivity index (χ2v) is 6.84. The third-order valence-electron chi connectivity index (χ3n) is 4.90. The minimum absolute atomic E-state index is 0.00138. The van der Waals surface area contributed by atoms with Crippen LogP contribution in [0.25, 0.3) is 10.8 Å². The highest BCUT2D eigenvalue weighted by atomic mass is 16.5. The van der Waals surface area contributed by atoms with E-state index in [1.165, 1.54) is 0 Å².